The fourth-order valence-corrected chi connectivity index (χ4v) is 1.63. The molecule has 0 aromatic heterocycles. The number of hydrogen-bond acceptors (Lipinski definition) is 3. The molecule has 0 radical (unpaired) electrons. The van der Waals surface area contributed by atoms with Gasteiger partial charge in [0.25, 0.3) is 0 Å². The SMILES string of the molecule is CCCCC(CCC)NCCC(=O)OC. The van der Waals surface area contributed by atoms with Gasteiger partial charge in [-0.25, -0.2) is 0 Å². The third-order valence-corrected chi connectivity index (χ3v) is 2.53. The van der Waals surface area contributed by atoms with Crippen molar-refractivity contribution in [1.82, 2.24) is 5.32 Å². The molecule has 3 heteroatoms. The Kier molecular flexibility index (Phi) is 9.59. The lowest BCUT2D eigenvalue weighted by Crippen LogP contribution is -2.31. The van der Waals surface area contributed by atoms with E-state index >= 15 is 0 Å². The number of unbranched alkanes of at least 4 members (excludes halogenated alkanes) is 1. The molecule has 3 nitrogen and oxygen atoms in total. The van der Waals surface area contributed by atoms with Gasteiger partial charge in [0, 0.05) is 12.6 Å². The van der Waals surface area contributed by atoms with Gasteiger partial charge in [-0.1, -0.05) is 33.1 Å². The zero-order valence-corrected chi connectivity index (χ0v) is 10.3. The normalized spacial score (nSPS) is 12.5. The minimum atomic E-state index is -0.131. The van der Waals surface area contributed by atoms with Gasteiger partial charge in [-0.15, -0.1) is 0 Å². The fourth-order valence-electron chi connectivity index (χ4n) is 1.63. The first-order valence-corrected chi connectivity index (χ1v) is 6.04. The largest absolute Gasteiger partial charge is 0.469 e. The van der Waals surface area contributed by atoms with Gasteiger partial charge < -0.3 is 10.1 Å². The van der Waals surface area contributed by atoms with Crippen molar-refractivity contribution in [2.24, 2.45) is 0 Å². The van der Waals surface area contributed by atoms with E-state index < -0.39 is 0 Å². The molecular weight excluding hydrogens is 190 g/mol. The summed E-state index contributed by atoms with van der Waals surface area (Å²) >= 11 is 0. The summed E-state index contributed by atoms with van der Waals surface area (Å²) in [5.74, 6) is -0.131. The van der Waals surface area contributed by atoms with Gasteiger partial charge in [-0.3, -0.25) is 4.79 Å². The van der Waals surface area contributed by atoms with Gasteiger partial charge in [0.05, 0.1) is 13.5 Å². The van der Waals surface area contributed by atoms with Crippen LogP contribution in [0.2, 0.25) is 0 Å². The van der Waals surface area contributed by atoms with Crippen LogP contribution in [0.15, 0.2) is 0 Å². The molecule has 0 aliphatic carbocycles. The summed E-state index contributed by atoms with van der Waals surface area (Å²) in [4.78, 5) is 10.9. The van der Waals surface area contributed by atoms with E-state index in [0.29, 0.717) is 12.5 Å². The predicted octanol–water partition coefficient (Wildman–Crippen LogP) is 2.50. The smallest absolute Gasteiger partial charge is 0.306 e. The van der Waals surface area contributed by atoms with Gasteiger partial charge >= 0.3 is 5.97 Å². The van der Waals surface area contributed by atoms with E-state index in [0.717, 1.165) is 6.54 Å². The van der Waals surface area contributed by atoms with Crippen LogP contribution in [0.3, 0.4) is 0 Å². The molecule has 0 bridgehead atoms. The maximum atomic E-state index is 10.9. The number of esters is 1. The molecule has 0 heterocycles. The average Bonchev–Trinajstić information content (AvgIpc) is 2.25. The van der Waals surface area contributed by atoms with Gasteiger partial charge in [-0.05, 0) is 12.8 Å². The van der Waals surface area contributed by atoms with Crippen molar-refractivity contribution in [3.63, 3.8) is 0 Å². The molecule has 0 saturated heterocycles. The van der Waals surface area contributed by atoms with E-state index in [1.165, 1.54) is 39.2 Å². The van der Waals surface area contributed by atoms with Crippen molar-refractivity contribution in [2.75, 3.05) is 13.7 Å². The van der Waals surface area contributed by atoms with Crippen molar-refractivity contribution in [3.8, 4) is 0 Å². The first-order chi connectivity index (χ1) is 7.24. The Labute approximate surface area is 93.6 Å². The Morgan fingerprint density at radius 2 is 2.00 bits per heavy atom. The Balaban J connectivity index is 3.60. The summed E-state index contributed by atoms with van der Waals surface area (Å²) < 4.78 is 4.59. The lowest BCUT2D eigenvalue weighted by atomic mass is 10.1. The second kappa shape index (κ2) is 9.97. The third-order valence-electron chi connectivity index (χ3n) is 2.53. The van der Waals surface area contributed by atoms with E-state index in [1.807, 2.05) is 0 Å². The van der Waals surface area contributed by atoms with Crippen molar-refractivity contribution >= 4 is 5.97 Å². The topological polar surface area (TPSA) is 38.3 Å². The van der Waals surface area contributed by atoms with Gasteiger partial charge in [0.1, 0.15) is 0 Å². The Hall–Kier alpha value is -0.570. The zero-order chi connectivity index (χ0) is 11.5. The maximum absolute atomic E-state index is 10.9. The van der Waals surface area contributed by atoms with Crippen LogP contribution >= 0.6 is 0 Å². The third kappa shape index (κ3) is 8.43. The highest BCUT2D eigenvalue weighted by atomic mass is 16.5. The van der Waals surface area contributed by atoms with Crippen molar-refractivity contribution in [2.45, 2.75) is 58.4 Å². The number of methoxy groups -OCH3 is 1. The predicted molar refractivity (Wildman–Crippen MR) is 62.9 cm³/mol. The van der Waals surface area contributed by atoms with Crippen LogP contribution in [0.5, 0.6) is 0 Å². The molecule has 0 aliphatic heterocycles. The monoisotopic (exact) mass is 215 g/mol. The molecule has 0 rings (SSSR count). The average molecular weight is 215 g/mol. The van der Waals surface area contributed by atoms with Crippen molar-refractivity contribution < 1.29 is 9.53 Å². The minimum absolute atomic E-state index is 0.131. The summed E-state index contributed by atoms with van der Waals surface area (Å²) in [7, 11) is 1.43. The van der Waals surface area contributed by atoms with Crippen LogP contribution < -0.4 is 5.32 Å². The molecule has 1 unspecified atom stereocenters. The molecule has 15 heavy (non-hydrogen) atoms. The molecule has 0 aromatic carbocycles. The first kappa shape index (κ1) is 14.4. The van der Waals surface area contributed by atoms with E-state index in [2.05, 4.69) is 23.9 Å². The van der Waals surface area contributed by atoms with Gasteiger partial charge in [0.2, 0.25) is 0 Å². The number of hydrogen-bond donors (Lipinski definition) is 1. The summed E-state index contributed by atoms with van der Waals surface area (Å²) in [6.45, 7) is 5.14. The standard InChI is InChI=1S/C12H25NO2/c1-4-6-8-11(7-5-2)13-10-9-12(14)15-3/h11,13H,4-10H2,1-3H3. The van der Waals surface area contributed by atoms with E-state index in [-0.39, 0.29) is 5.97 Å². The summed E-state index contributed by atoms with van der Waals surface area (Å²) in [6.07, 6.45) is 6.57. The minimum Gasteiger partial charge on any atom is -0.469 e. The lowest BCUT2D eigenvalue weighted by Gasteiger charge is -2.17. The van der Waals surface area contributed by atoms with Crippen LogP contribution in [-0.2, 0) is 9.53 Å². The Morgan fingerprint density at radius 3 is 2.53 bits per heavy atom. The Morgan fingerprint density at radius 1 is 1.27 bits per heavy atom. The summed E-state index contributed by atoms with van der Waals surface area (Å²) in [5, 5.41) is 3.42. The van der Waals surface area contributed by atoms with Crippen molar-refractivity contribution in [3.05, 3.63) is 0 Å². The van der Waals surface area contributed by atoms with Gasteiger partial charge in [-0.2, -0.15) is 0 Å². The van der Waals surface area contributed by atoms with Crippen molar-refractivity contribution in [1.29, 1.82) is 0 Å². The first-order valence-electron chi connectivity index (χ1n) is 6.04. The van der Waals surface area contributed by atoms with E-state index in [1.54, 1.807) is 0 Å². The van der Waals surface area contributed by atoms with Crippen LogP contribution in [0.1, 0.15) is 52.4 Å². The second-order valence-electron chi connectivity index (χ2n) is 3.91. The number of carbonyl (C=O) groups excluding carboxylic acids is 1. The molecule has 0 aromatic rings. The molecule has 90 valence electrons. The molecule has 0 spiro atoms. The van der Waals surface area contributed by atoms with Crippen LogP contribution in [-0.4, -0.2) is 25.7 Å². The molecule has 0 fully saturated rings. The quantitative estimate of drug-likeness (QED) is 0.601. The van der Waals surface area contributed by atoms with Crippen LogP contribution in [0, 0.1) is 0 Å². The van der Waals surface area contributed by atoms with Crippen LogP contribution in [0.25, 0.3) is 0 Å². The highest BCUT2D eigenvalue weighted by Crippen LogP contribution is 2.06. The number of carbonyl (C=O) groups is 1. The highest BCUT2D eigenvalue weighted by molar-refractivity contribution is 5.69. The number of rotatable bonds is 9. The molecular formula is C12H25NO2. The molecule has 0 amide bonds. The number of nitrogens with one attached hydrogen (secondary N) is 1. The van der Waals surface area contributed by atoms with Gasteiger partial charge in [0.15, 0.2) is 0 Å². The zero-order valence-electron chi connectivity index (χ0n) is 10.3. The molecule has 0 aliphatic rings. The van der Waals surface area contributed by atoms with E-state index in [4.69, 9.17) is 0 Å². The number of ether oxygens (including phenoxy) is 1. The lowest BCUT2D eigenvalue weighted by molar-refractivity contribution is -0.140. The highest BCUT2D eigenvalue weighted by Gasteiger charge is 2.07. The van der Waals surface area contributed by atoms with Crippen LogP contribution in [0.4, 0.5) is 0 Å². The molecule has 0 saturated carbocycles. The summed E-state index contributed by atoms with van der Waals surface area (Å²) in [6, 6.07) is 0.569. The summed E-state index contributed by atoms with van der Waals surface area (Å²) in [5.41, 5.74) is 0. The molecule has 1 N–H and O–H groups in total. The fraction of sp³-hybridized carbons (Fsp3) is 0.917. The second-order valence-corrected chi connectivity index (χ2v) is 3.91. The maximum Gasteiger partial charge on any atom is 0.306 e. The Bertz CT molecular complexity index is 160. The molecule has 1 atom stereocenters. The van der Waals surface area contributed by atoms with E-state index in [9.17, 15) is 4.79 Å².